The van der Waals surface area contributed by atoms with Gasteiger partial charge in [0.15, 0.2) is 0 Å². The minimum atomic E-state index is -0.780. The third-order valence-corrected chi connectivity index (χ3v) is 2.50. The summed E-state index contributed by atoms with van der Waals surface area (Å²) in [6.45, 7) is 0.678. The highest BCUT2D eigenvalue weighted by Crippen LogP contribution is 2.41. The van der Waals surface area contributed by atoms with Crippen LogP contribution in [0, 0.1) is 0 Å². The van der Waals surface area contributed by atoms with Crippen LogP contribution in [0.3, 0.4) is 0 Å². The molecule has 2 rings (SSSR count). The van der Waals surface area contributed by atoms with Crippen molar-refractivity contribution in [2.45, 2.75) is 37.4 Å². The summed E-state index contributed by atoms with van der Waals surface area (Å²) in [6.07, 6.45) is 4.16. The molecule has 0 aromatic carbocycles. The van der Waals surface area contributed by atoms with Gasteiger partial charge in [0.25, 0.3) is 0 Å². The van der Waals surface area contributed by atoms with Gasteiger partial charge < -0.3 is 4.90 Å². The Balaban J connectivity index is 1.77. The van der Waals surface area contributed by atoms with Crippen LogP contribution < -0.4 is 0 Å². The van der Waals surface area contributed by atoms with Crippen LogP contribution in [0.25, 0.3) is 0 Å². The Bertz CT molecular complexity index is 138. The van der Waals surface area contributed by atoms with E-state index in [0.717, 1.165) is 12.8 Å². The maximum absolute atomic E-state index is 13.1. The Kier molecular flexibility index (Phi) is 1.28. The molecule has 2 saturated carbocycles. The van der Waals surface area contributed by atoms with Crippen molar-refractivity contribution in [2.75, 3.05) is 13.6 Å². The zero-order valence-corrected chi connectivity index (χ0v) is 6.44. The first-order valence-corrected chi connectivity index (χ1v) is 4.09. The molecule has 0 aromatic rings. The van der Waals surface area contributed by atoms with E-state index in [-0.39, 0.29) is 0 Å². The molecule has 0 heterocycles. The predicted molar refractivity (Wildman–Crippen MR) is 38.7 cm³/mol. The minimum Gasteiger partial charge on any atom is -0.300 e. The number of halogens is 1. The molecule has 2 fully saturated rings. The van der Waals surface area contributed by atoms with Gasteiger partial charge in [-0.25, -0.2) is 4.39 Å². The Morgan fingerprint density at radius 3 is 2.50 bits per heavy atom. The van der Waals surface area contributed by atoms with Gasteiger partial charge in [-0.2, -0.15) is 0 Å². The van der Waals surface area contributed by atoms with Crippen molar-refractivity contribution in [3.05, 3.63) is 0 Å². The normalized spacial score (nSPS) is 29.1. The number of hydrogen-bond acceptors (Lipinski definition) is 1. The topological polar surface area (TPSA) is 3.24 Å². The highest BCUT2D eigenvalue weighted by atomic mass is 19.1. The van der Waals surface area contributed by atoms with E-state index in [1.54, 1.807) is 0 Å². The fraction of sp³-hybridized carbons (Fsp3) is 1.00. The summed E-state index contributed by atoms with van der Waals surface area (Å²) in [5.74, 6) is 0. The molecular formula is C8H14FN. The number of nitrogens with zero attached hydrogens (tertiary/aromatic N) is 1. The Morgan fingerprint density at radius 1 is 1.50 bits per heavy atom. The fourth-order valence-corrected chi connectivity index (χ4v) is 1.39. The van der Waals surface area contributed by atoms with Crippen LogP contribution in [0.4, 0.5) is 4.39 Å². The smallest absolute Gasteiger partial charge is 0.123 e. The van der Waals surface area contributed by atoms with Gasteiger partial charge in [0.1, 0.15) is 5.67 Å². The lowest BCUT2D eigenvalue weighted by Crippen LogP contribution is -2.29. The summed E-state index contributed by atoms with van der Waals surface area (Å²) in [7, 11) is 2.04. The Hall–Kier alpha value is -0.110. The van der Waals surface area contributed by atoms with Crippen LogP contribution >= 0.6 is 0 Å². The van der Waals surface area contributed by atoms with Crippen LogP contribution in [0.1, 0.15) is 25.7 Å². The first kappa shape index (κ1) is 6.59. The van der Waals surface area contributed by atoms with Crippen LogP contribution in [0.2, 0.25) is 0 Å². The SMILES string of the molecule is CN(CC1(F)CC1)C1CC1. The molecule has 0 N–H and O–H groups in total. The van der Waals surface area contributed by atoms with Crippen LogP contribution in [-0.2, 0) is 0 Å². The van der Waals surface area contributed by atoms with Crippen molar-refractivity contribution in [2.24, 2.45) is 0 Å². The second-order valence-electron chi connectivity index (χ2n) is 3.80. The second-order valence-corrected chi connectivity index (χ2v) is 3.80. The van der Waals surface area contributed by atoms with E-state index in [1.807, 2.05) is 7.05 Å². The molecule has 1 nitrogen and oxygen atoms in total. The molecule has 0 spiro atoms. The summed E-state index contributed by atoms with van der Waals surface area (Å²) >= 11 is 0. The molecule has 2 heteroatoms. The highest BCUT2D eigenvalue weighted by molar-refractivity contribution is 4.98. The molecule has 0 aliphatic heterocycles. The average Bonchev–Trinajstić information content (AvgIpc) is 2.60. The number of hydrogen-bond donors (Lipinski definition) is 0. The van der Waals surface area contributed by atoms with E-state index < -0.39 is 5.67 Å². The molecule has 0 radical (unpaired) electrons. The summed E-state index contributed by atoms with van der Waals surface area (Å²) in [5.41, 5.74) is -0.780. The fourth-order valence-electron chi connectivity index (χ4n) is 1.39. The van der Waals surface area contributed by atoms with Crippen LogP contribution in [0.5, 0.6) is 0 Å². The molecule has 2 aliphatic rings. The maximum atomic E-state index is 13.1. The molecule has 0 atom stereocenters. The van der Waals surface area contributed by atoms with Gasteiger partial charge in [0.2, 0.25) is 0 Å². The molecule has 58 valence electrons. The maximum Gasteiger partial charge on any atom is 0.123 e. The summed E-state index contributed by atoms with van der Waals surface area (Å²) < 4.78 is 13.1. The Labute approximate surface area is 61.2 Å². The minimum absolute atomic E-state index is 0.678. The summed E-state index contributed by atoms with van der Waals surface area (Å²) in [6, 6.07) is 0.716. The monoisotopic (exact) mass is 143 g/mol. The molecule has 10 heavy (non-hydrogen) atoms. The van der Waals surface area contributed by atoms with Gasteiger partial charge >= 0.3 is 0 Å². The van der Waals surface area contributed by atoms with Crippen LogP contribution in [-0.4, -0.2) is 30.2 Å². The lowest BCUT2D eigenvalue weighted by atomic mass is 10.3. The molecule has 2 aliphatic carbocycles. The zero-order chi connectivity index (χ0) is 7.19. The van der Waals surface area contributed by atoms with E-state index in [9.17, 15) is 4.39 Å². The standard InChI is InChI=1S/C8H14FN/c1-10(7-2-3-7)6-8(9)4-5-8/h7H,2-6H2,1H3. The van der Waals surface area contributed by atoms with Crippen molar-refractivity contribution < 1.29 is 4.39 Å². The summed E-state index contributed by atoms with van der Waals surface area (Å²) in [5, 5.41) is 0. The van der Waals surface area contributed by atoms with Gasteiger partial charge in [-0.15, -0.1) is 0 Å². The van der Waals surface area contributed by atoms with E-state index in [2.05, 4.69) is 4.90 Å². The van der Waals surface area contributed by atoms with E-state index in [1.165, 1.54) is 12.8 Å². The molecule has 0 saturated heterocycles. The quantitative estimate of drug-likeness (QED) is 0.579. The van der Waals surface area contributed by atoms with Crippen molar-refractivity contribution in [3.63, 3.8) is 0 Å². The zero-order valence-electron chi connectivity index (χ0n) is 6.44. The van der Waals surface area contributed by atoms with E-state index >= 15 is 0 Å². The van der Waals surface area contributed by atoms with Gasteiger partial charge in [0.05, 0.1) is 0 Å². The van der Waals surface area contributed by atoms with Crippen molar-refractivity contribution >= 4 is 0 Å². The van der Waals surface area contributed by atoms with Crippen molar-refractivity contribution in [3.8, 4) is 0 Å². The van der Waals surface area contributed by atoms with Gasteiger partial charge in [-0.05, 0) is 32.7 Å². The van der Waals surface area contributed by atoms with Gasteiger partial charge in [-0.1, -0.05) is 0 Å². The predicted octanol–water partition coefficient (Wildman–Crippen LogP) is 1.58. The molecule has 0 aromatic heterocycles. The molecule has 0 bridgehead atoms. The van der Waals surface area contributed by atoms with Gasteiger partial charge in [-0.3, -0.25) is 0 Å². The van der Waals surface area contributed by atoms with E-state index in [4.69, 9.17) is 0 Å². The molecular weight excluding hydrogens is 129 g/mol. The first-order valence-electron chi connectivity index (χ1n) is 4.09. The molecule has 0 amide bonds. The Morgan fingerprint density at radius 2 is 2.10 bits per heavy atom. The van der Waals surface area contributed by atoms with Crippen molar-refractivity contribution in [1.82, 2.24) is 4.90 Å². The lowest BCUT2D eigenvalue weighted by Gasteiger charge is -2.17. The lowest BCUT2D eigenvalue weighted by molar-refractivity contribution is 0.196. The summed E-state index contributed by atoms with van der Waals surface area (Å²) in [4.78, 5) is 2.17. The first-order chi connectivity index (χ1) is 4.70. The number of rotatable bonds is 3. The largest absolute Gasteiger partial charge is 0.300 e. The van der Waals surface area contributed by atoms with Gasteiger partial charge in [0, 0.05) is 12.6 Å². The average molecular weight is 143 g/mol. The van der Waals surface area contributed by atoms with E-state index in [0.29, 0.717) is 12.6 Å². The second kappa shape index (κ2) is 1.94. The number of alkyl halides is 1. The third-order valence-electron chi connectivity index (χ3n) is 2.50. The van der Waals surface area contributed by atoms with Crippen LogP contribution in [0.15, 0.2) is 0 Å². The highest BCUT2D eigenvalue weighted by Gasteiger charge is 2.45. The third kappa shape index (κ3) is 1.31. The molecule has 0 unspecified atom stereocenters. The van der Waals surface area contributed by atoms with Crippen molar-refractivity contribution in [1.29, 1.82) is 0 Å².